The quantitative estimate of drug-likeness (QED) is 0.769. The highest BCUT2D eigenvalue weighted by Gasteiger charge is 2.05. The first kappa shape index (κ1) is 13.9. The summed E-state index contributed by atoms with van der Waals surface area (Å²) in [5, 5.41) is 14.1. The second-order valence-electron chi connectivity index (χ2n) is 3.86. The zero-order valence-corrected chi connectivity index (χ0v) is 11.2. The van der Waals surface area contributed by atoms with E-state index >= 15 is 0 Å². The van der Waals surface area contributed by atoms with E-state index < -0.39 is 5.97 Å². The Morgan fingerprint density at radius 2 is 2.00 bits per heavy atom. The fraction of sp³-hybridized carbons (Fsp3) is 0.167. The molecule has 2 rings (SSSR count). The summed E-state index contributed by atoms with van der Waals surface area (Å²) in [5.74, 6) is -1.08. The van der Waals surface area contributed by atoms with E-state index in [1.165, 1.54) is 23.6 Å². The number of aromatic carboxylic acids is 1. The minimum absolute atomic E-state index is 0.0246. The van der Waals surface area contributed by atoms with Crippen LogP contribution in [-0.2, 0) is 13.1 Å². The van der Waals surface area contributed by atoms with E-state index in [2.05, 4.69) is 20.6 Å². The summed E-state index contributed by atoms with van der Waals surface area (Å²) in [4.78, 5) is 30.8. The van der Waals surface area contributed by atoms with Crippen molar-refractivity contribution in [1.82, 2.24) is 20.6 Å². The number of carbonyl (C=O) groups excluding carboxylic acids is 1. The summed E-state index contributed by atoms with van der Waals surface area (Å²) < 4.78 is 0. The Hall–Kier alpha value is -2.48. The van der Waals surface area contributed by atoms with Crippen LogP contribution < -0.4 is 10.6 Å². The van der Waals surface area contributed by atoms with Crippen LogP contribution in [0.15, 0.2) is 30.0 Å². The number of thiazole rings is 1. The molecule has 0 aliphatic carbocycles. The third kappa shape index (κ3) is 4.02. The Morgan fingerprint density at radius 1 is 1.20 bits per heavy atom. The molecule has 8 heteroatoms. The molecular formula is C12H12N4O3S. The maximum Gasteiger partial charge on any atom is 0.354 e. The van der Waals surface area contributed by atoms with Crippen molar-refractivity contribution in [2.45, 2.75) is 13.1 Å². The number of amides is 2. The maximum atomic E-state index is 11.5. The van der Waals surface area contributed by atoms with Gasteiger partial charge in [0.2, 0.25) is 0 Å². The van der Waals surface area contributed by atoms with Crippen LogP contribution in [0.1, 0.15) is 20.9 Å². The van der Waals surface area contributed by atoms with Crippen LogP contribution in [0.4, 0.5) is 4.79 Å². The lowest BCUT2D eigenvalue weighted by Crippen LogP contribution is -2.34. The number of pyridine rings is 1. The summed E-state index contributed by atoms with van der Waals surface area (Å²) in [6, 6.07) is 2.70. The first-order valence-corrected chi connectivity index (χ1v) is 6.60. The van der Waals surface area contributed by atoms with Crippen molar-refractivity contribution in [3.8, 4) is 0 Å². The predicted octanol–water partition coefficient (Wildman–Crippen LogP) is 1.24. The number of hydrogen-bond acceptors (Lipinski definition) is 5. The SMILES string of the molecule is O=C(NCc1ccc(C(=O)O)nc1)NCc1cncs1. The Bertz CT molecular complexity index is 583. The van der Waals surface area contributed by atoms with E-state index in [9.17, 15) is 9.59 Å². The standard InChI is InChI=1S/C12H12N4O3S/c17-11(18)10-2-1-8(3-14-10)4-15-12(19)16-6-9-5-13-7-20-9/h1-3,5,7H,4,6H2,(H,17,18)(H2,15,16,19). The van der Waals surface area contributed by atoms with Crippen LogP contribution in [0, 0.1) is 0 Å². The van der Waals surface area contributed by atoms with E-state index in [0.717, 1.165) is 10.4 Å². The summed E-state index contributed by atoms with van der Waals surface area (Å²) in [7, 11) is 0. The highest BCUT2D eigenvalue weighted by Crippen LogP contribution is 2.04. The van der Waals surface area contributed by atoms with Crippen molar-refractivity contribution >= 4 is 23.3 Å². The molecule has 0 radical (unpaired) electrons. The summed E-state index contributed by atoms with van der Waals surface area (Å²) in [6.07, 6.45) is 3.12. The molecule has 104 valence electrons. The normalized spacial score (nSPS) is 10.0. The molecule has 0 spiro atoms. The molecule has 2 aromatic rings. The number of carboxylic acid groups (broad SMARTS) is 1. The summed E-state index contributed by atoms with van der Waals surface area (Å²) in [6.45, 7) is 0.703. The number of nitrogens with zero attached hydrogens (tertiary/aromatic N) is 2. The van der Waals surface area contributed by atoms with Gasteiger partial charge >= 0.3 is 12.0 Å². The Morgan fingerprint density at radius 3 is 2.60 bits per heavy atom. The molecule has 3 N–H and O–H groups in total. The number of hydrogen-bond donors (Lipinski definition) is 3. The highest BCUT2D eigenvalue weighted by molar-refractivity contribution is 7.09. The van der Waals surface area contributed by atoms with E-state index in [-0.39, 0.29) is 18.3 Å². The number of aromatic nitrogens is 2. The van der Waals surface area contributed by atoms with Crippen molar-refractivity contribution in [2.24, 2.45) is 0 Å². The zero-order valence-electron chi connectivity index (χ0n) is 10.4. The molecule has 2 heterocycles. The molecule has 2 aromatic heterocycles. The minimum Gasteiger partial charge on any atom is -0.477 e. The van der Waals surface area contributed by atoms with Crippen molar-refractivity contribution in [3.05, 3.63) is 46.2 Å². The zero-order chi connectivity index (χ0) is 14.4. The lowest BCUT2D eigenvalue weighted by Gasteiger charge is -2.06. The van der Waals surface area contributed by atoms with Gasteiger partial charge in [0.1, 0.15) is 5.69 Å². The van der Waals surface area contributed by atoms with Gasteiger partial charge in [-0.15, -0.1) is 11.3 Å². The molecule has 0 fully saturated rings. The number of urea groups is 1. The van der Waals surface area contributed by atoms with Crippen molar-refractivity contribution in [3.63, 3.8) is 0 Å². The molecular weight excluding hydrogens is 280 g/mol. The summed E-state index contributed by atoms with van der Waals surface area (Å²) in [5.41, 5.74) is 2.40. The van der Waals surface area contributed by atoms with Gasteiger partial charge in [-0.3, -0.25) is 4.98 Å². The molecule has 7 nitrogen and oxygen atoms in total. The van der Waals surface area contributed by atoms with Crippen LogP contribution in [-0.4, -0.2) is 27.1 Å². The highest BCUT2D eigenvalue weighted by atomic mass is 32.1. The maximum absolute atomic E-state index is 11.5. The first-order chi connectivity index (χ1) is 9.65. The third-order valence-electron chi connectivity index (χ3n) is 2.40. The lowest BCUT2D eigenvalue weighted by molar-refractivity contribution is 0.0690. The van der Waals surface area contributed by atoms with E-state index in [1.807, 2.05) is 0 Å². The Labute approximate surface area is 118 Å². The van der Waals surface area contributed by atoms with Gasteiger partial charge in [0.05, 0.1) is 12.1 Å². The van der Waals surface area contributed by atoms with E-state index in [0.29, 0.717) is 6.54 Å². The molecule has 20 heavy (non-hydrogen) atoms. The number of carbonyl (C=O) groups is 2. The molecule has 0 saturated heterocycles. The van der Waals surface area contributed by atoms with Gasteiger partial charge in [-0.1, -0.05) is 6.07 Å². The predicted molar refractivity (Wildman–Crippen MR) is 72.4 cm³/mol. The van der Waals surface area contributed by atoms with Gasteiger partial charge in [0.15, 0.2) is 0 Å². The largest absolute Gasteiger partial charge is 0.477 e. The second kappa shape index (κ2) is 6.62. The van der Waals surface area contributed by atoms with Crippen molar-refractivity contribution < 1.29 is 14.7 Å². The van der Waals surface area contributed by atoms with Gasteiger partial charge in [-0.25, -0.2) is 14.6 Å². The number of nitrogens with one attached hydrogen (secondary N) is 2. The summed E-state index contributed by atoms with van der Waals surface area (Å²) >= 11 is 1.46. The third-order valence-corrected chi connectivity index (χ3v) is 3.18. The topological polar surface area (TPSA) is 104 Å². The Balaban J connectivity index is 1.76. The van der Waals surface area contributed by atoms with Gasteiger partial charge in [0, 0.05) is 23.8 Å². The van der Waals surface area contributed by atoms with Gasteiger partial charge in [-0.2, -0.15) is 0 Å². The molecule has 0 bridgehead atoms. The second-order valence-corrected chi connectivity index (χ2v) is 4.83. The molecule has 0 atom stereocenters. The molecule has 0 unspecified atom stereocenters. The average molecular weight is 292 g/mol. The van der Waals surface area contributed by atoms with Crippen LogP contribution in [0.5, 0.6) is 0 Å². The Kier molecular flexibility index (Phi) is 4.61. The van der Waals surface area contributed by atoms with Gasteiger partial charge in [0.25, 0.3) is 0 Å². The van der Waals surface area contributed by atoms with Crippen molar-refractivity contribution in [2.75, 3.05) is 0 Å². The van der Waals surface area contributed by atoms with Crippen LogP contribution >= 0.6 is 11.3 Å². The monoisotopic (exact) mass is 292 g/mol. The average Bonchev–Trinajstić information content (AvgIpc) is 2.96. The molecule has 2 amide bonds. The van der Waals surface area contributed by atoms with Gasteiger partial charge < -0.3 is 15.7 Å². The van der Waals surface area contributed by atoms with Gasteiger partial charge in [-0.05, 0) is 11.6 Å². The van der Waals surface area contributed by atoms with E-state index in [4.69, 9.17) is 5.11 Å². The van der Waals surface area contributed by atoms with Crippen LogP contribution in [0.25, 0.3) is 0 Å². The minimum atomic E-state index is -1.08. The fourth-order valence-electron chi connectivity index (χ4n) is 1.40. The molecule has 0 aliphatic heterocycles. The van der Waals surface area contributed by atoms with Crippen molar-refractivity contribution in [1.29, 1.82) is 0 Å². The van der Waals surface area contributed by atoms with Crippen LogP contribution in [0.3, 0.4) is 0 Å². The fourth-order valence-corrected chi connectivity index (χ4v) is 1.93. The van der Waals surface area contributed by atoms with E-state index in [1.54, 1.807) is 17.8 Å². The first-order valence-electron chi connectivity index (χ1n) is 5.72. The molecule has 0 aliphatic rings. The lowest BCUT2D eigenvalue weighted by atomic mass is 10.2. The number of rotatable bonds is 5. The molecule has 0 saturated carbocycles. The smallest absolute Gasteiger partial charge is 0.354 e. The number of carboxylic acids is 1. The molecule has 0 aromatic carbocycles. The van der Waals surface area contributed by atoms with Crippen LogP contribution in [0.2, 0.25) is 0 Å².